The van der Waals surface area contributed by atoms with Crippen LogP contribution in [-0.4, -0.2) is 6.47 Å². The molecule has 0 atom stereocenters. The maximum atomic E-state index is 10.5. The van der Waals surface area contributed by atoms with Gasteiger partial charge in [0.1, 0.15) is 17.3 Å². The first kappa shape index (κ1) is 12.9. The zero-order chi connectivity index (χ0) is 13.5. The normalized spacial score (nSPS) is 10.9. The summed E-state index contributed by atoms with van der Waals surface area (Å²) in [6.07, 6.45) is 1.72. The Morgan fingerprint density at radius 1 is 1.00 bits per heavy atom. The summed E-state index contributed by atoms with van der Waals surface area (Å²) in [5, 5.41) is 0. The third kappa shape index (κ3) is 3.22. The van der Waals surface area contributed by atoms with Gasteiger partial charge in [0.15, 0.2) is 0 Å². The van der Waals surface area contributed by atoms with Crippen LogP contribution in [0.4, 0.5) is 0 Å². The van der Waals surface area contributed by atoms with E-state index in [1.165, 1.54) is 0 Å². The highest BCUT2D eigenvalue weighted by Gasteiger charge is 2.09. The maximum Gasteiger partial charge on any atom is 0.298 e. The van der Waals surface area contributed by atoms with Crippen molar-refractivity contribution >= 4 is 12.2 Å². The van der Waals surface area contributed by atoms with Gasteiger partial charge in [-0.3, -0.25) is 4.79 Å². The summed E-state index contributed by atoms with van der Waals surface area (Å²) >= 11 is 0. The molecule has 0 saturated carbocycles. The molecule has 0 bridgehead atoms. The van der Waals surface area contributed by atoms with Gasteiger partial charge in [-0.15, -0.1) is 0 Å². The third-order valence-corrected chi connectivity index (χ3v) is 2.56. The Balaban J connectivity index is 2.33. The summed E-state index contributed by atoms with van der Waals surface area (Å²) in [4.78, 5) is 10.5. The van der Waals surface area contributed by atoms with Crippen LogP contribution < -0.4 is 4.74 Å². The highest BCUT2D eigenvalue weighted by Crippen LogP contribution is 2.30. The van der Waals surface area contributed by atoms with Gasteiger partial charge in [-0.05, 0) is 37.3 Å². The lowest BCUT2D eigenvalue weighted by Gasteiger charge is -2.12. The second kappa shape index (κ2) is 6.40. The number of hydrogen-bond donors (Lipinski definition) is 0. The lowest BCUT2D eigenvalue weighted by Crippen LogP contribution is -1.94. The monoisotopic (exact) mass is 254 g/mol. The van der Waals surface area contributed by atoms with Crippen molar-refractivity contribution in [2.45, 2.75) is 6.92 Å². The van der Waals surface area contributed by atoms with E-state index in [4.69, 9.17) is 9.47 Å². The van der Waals surface area contributed by atoms with Crippen LogP contribution in [0, 0.1) is 0 Å². The van der Waals surface area contributed by atoms with Crippen molar-refractivity contribution in [2.75, 3.05) is 0 Å². The summed E-state index contributed by atoms with van der Waals surface area (Å²) in [5.74, 6) is 1.85. The van der Waals surface area contributed by atoms with Gasteiger partial charge in [0.05, 0.1) is 5.56 Å². The van der Waals surface area contributed by atoms with E-state index in [1.54, 1.807) is 13.0 Å². The molecule has 0 unspecified atom stereocenters. The van der Waals surface area contributed by atoms with E-state index in [-0.39, 0.29) is 0 Å². The fraction of sp³-hybridized carbons (Fsp3) is 0.0625. The summed E-state index contributed by atoms with van der Waals surface area (Å²) in [6, 6.07) is 16.9. The topological polar surface area (TPSA) is 35.5 Å². The van der Waals surface area contributed by atoms with Crippen molar-refractivity contribution in [1.29, 1.82) is 0 Å². The van der Waals surface area contributed by atoms with Gasteiger partial charge in [0.25, 0.3) is 6.47 Å². The molecule has 0 heterocycles. The predicted octanol–water partition coefficient (Wildman–Crippen LogP) is 4.01. The molecule has 2 rings (SSSR count). The minimum atomic E-state index is 0.411. The number of benzene rings is 2. The molecule has 0 aliphatic heterocycles. The fourth-order valence-corrected chi connectivity index (χ4v) is 1.71. The zero-order valence-electron chi connectivity index (χ0n) is 10.6. The number of hydrogen-bond acceptors (Lipinski definition) is 3. The molecule has 0 aliphatic rings. The molecule has 0 aliphatic carbocycles. The van der Waals surface area contributed by atoms with Gasteiger partial charge in [-0.25, -0.2) is 0 Å². The first-order valence-electron chi connectivity index (χ1n) is 5.94. The van der Waals surface area contributed by atoms with Gasteiger partial charge in [-0.1, -0.05) is 30.3 Å². The third-order valence-electron chi connectivity index (χ3n) is 2.56. The molecule has 3 nitrogen and oxygen atoms in total. The summed E-state index contributed by atoms with van der Waals surface area (Å²) in [7, 11) is 0. The molecule has 2 aromatic carbocycles. The van der Waals surface area contributed by atoms with E-state index in [9.17, 15) is 4.79 Å². The zero-order valence-corrected chi connectivity index (χ0v) is 10.6. The quantitative estimate of drug-likeness (QED) is 0.597. The van der Waals surface area contributed by atoms with Gasteiger partial charge in [-0.2, -0.15) is 0 Å². The molecule has 2 aromatic rings. The highest BCUT2D eigenvalue weighted by atomic mass is 16.5. The summed E-state index contributed by atoms with van der Waals surface area (Å²) in [5.41, 5.74) is 0.737. The molecule has 3 heteroatoms. The van der Waals surface area contributed by atoms with E-state index in [0.29, 0.717) is 18.0 Å². The summed E-state index contributed by atoms with van der Waals surface area (Å²) in [6.45, 7) is 2.22. The maximum absolute atomic E-state index is 10.5. The van der Waals surface area contributed by atoms with Gasteiger partial charge in [0.2, 0.25) is 0 Å². The van der Waals surface area contributed by atoms with E-state index in [2.05, 4.69) is 0 Å². The Hall–Kier alpha value is -2.55. The average Bonchev–Trinajstić information content (AvgIpc) is 2.47. The molecule has 96 valence electrons. The number of carbonyl (C=O) groups is 1. The summed E-state index contributed by atoms with van der Waals surface area (Å²) < 4.78 is 10.8. The lowest BCUT2D eigenvalue weighted by atomic mass is 10.1. The lowest BCUT2D eigenvalue weighted by molar-refractivity contribution is -0.122. The molecule has 0 saturated heterocycles. The average molecular weight is 254 g/mol. The smallest absolute Gasteiger partial charge is 0.298 e. The van der Waals surface area contributed by atoms with E-state index >= 15 is 0 Å². The van der Waals surface area contributed by atoms with Gasteiger partial charge >= 0.3 is 0 Å². The Labute approximate surface area is 112 Å². The predicted molar refractivity (Wildman–Crippen MR) is 73.8 cm³/mol. The Morgan fingerprint density at radius 2 is 1.68 bits per heavy atom. The van der Waals surface area contributed by atoms with E-state index < -0.39 is 0 Å². The molecule has 0 aromatic heterocycles. The molecule has 0 amide bonds. The first-order valence-corrected chi connectivity index (χ1v) is 5.94. The van der Waals surface area contributed by atoms with Gasteiger partial charge < -0.3 is 9.47 Å². The largest absolute Gasteiger partial charge is 0.457 e. The SMILES string of the molecule is C/C=C(\OC=O)c1ccccc1Oc1ccccc1. The van der Waals surface area contributed by atoms with Crippen LogP contribution in [0.25, 0.3) is 5.76 Å². The molecular weight excluding hydrogens is 240 g/mol. The van der Waals surface area contributed by atoms with Crippen molar-refractivity contribution in [1.82, 2.24) is 0 Å². The standard InChI is InChI=1S/C16H14O3/c1-2-15(18-12-17)14-10-6-7-11-16(14)19-13-8-4-3-5-9-13/h2-12H,1H3/b15-2-. The minimum Gasteiger partial charge on any atom is -0.457 e. The van der Waals surface area contributed by atoms with Crippen molar-refractivity contribution in [3.63, 3.8) is 0 Å². The van der Waals surface area contributed by atoms with Crippen molar-refractivity contribution in [2.24, 2.45) is 0 Å². The Morgan fingerprint density at radius 3 is 2.37 bits per heavy atom. The van der Waals surface area contributed by atoms with Crippen LogP contribution in [0.2, 0.25) is 0 Å². The number of carbonyl (C=O) groups excluding carboxylic acids is 1. The van der Waals surface area contributed by atoms with Crippen LogP contribution in [0.3, 0.4) is 0 Å². The van der Waals surface area contributed by atoms with Crippen LogP contribution in [0.5, 0.6) is 11.5 Å². The molecular formula is C16H14O3. The van der Waals surface area contributed by atoms with Crippen molar-refractivity contribution < 1.29 is 14.3 Å². The van der Waals surface area contributed by atoms with Crippen LogP contribution in [-0.2, 0) is 9.53 Å². The number of rotatable bonds is 5. The second-order valence-electron chi connectivity index (χ2n) is 3.78. The fourth-order valence-electron chi connectivity index (χ4n) is 1.71. The number of allylic oxidation sites excluding steroid dienone is 1. The van der Waals surface area contributed by atoms with E-state index in [0.717, 1.165) is 11.3 Å². The Kier molecular flexibility index (Phi) is 4.34. The molecule has 0 radical (unpaired) electrons. The van der Waals surface area contributed by atoms with Gasteiger partial charge in [0, 0.05) is 0 Å². The van der Waals surface area contributed by atoms with E-state index in [1.807, 2.05) is 54.6 Å². The first-order chi connectivity index (χ1) is 9.35. The molecule has 0 N–H and O–H groups in total. The number of ether oxygens (including phenoxy) is 2. The van der Waals surface area contributed by atoms with Crippen molar-refractivity contribution in [3.05, 3.63) is 66.2 Å². The van der Waals surface area contributed by atoms with Crippen LogP contribution in [0.1, 0.15) is 12.5 Å². The molecule has 0 spiro atoms. The van der Waals surface area contributed by atoms with Crippen molar-refractivity contribution in [3.8, 4) is 11.5 Å². The second-order valence-corrected chi connectivity index (χ2v) is 3.78. The molecule has 19 heavy (non-hydrogen) atoms. The molecule has 0 fully saturated rings. The van der Waals surface area contributed by atoms with Crippen LogP contribution in [0.15, 0.2) is 60.7 Å². The minimum absolute atomic E-state index is 0.411. The van der Waals surface area contributed by atoms with Crippen LogP contribution >= 0.6 is 0 Å². The highest BCUT2D eigenvalue weighted by molar-refractivity contribution is 5.70. The number of para-hydroxylation sites is 2. The Bertz CT molecular complexity index is 574.